The lowest BCUT2D eigenvalue weighted by Crippen LogP contribution is -2.45. The molecule has 1 atom stereocenters. The van der Waals surface area contributed by atoms with Crippen molar-refractivity contribution in [1.82, 2.24) is 10.2 Å². The quantitative estimate of drug-likeness (QED) is 0.917. The Balaban J connectivity index is 2.27. The Morgan fingerprint density at radius 1 is 1.26 bits per heavy atom. The van der Waals surface area contributed by atoms with E-state index in [-0.39, 0.29) is 11.4 Å². The number of hydrogen-bond donors (Lipinski definition) is 1. The molecule has 0 bridgehead atoms. The van der Waals surface area contributed by atoms with Crippen LogP contribution in [0.5, 0.6) is 0 Å². The van der Waals surface area contributed by atoms with Crippen LogP contribution >= 0.6 is 11.6 Å². The molecule has 1 fully saturated rings. The molecule has 2 nitrogen and oxygen atoms in total. The molecule has 1 aliphatic rings. The molecule has 1 aromatic carbocycles. The van der Waals surface area contributed by atoms with E-state index in [1.54, 1.807) is 6.07 Å². The second-order valence-corrected chi connectivity index (χ2v) is 4.95. The molecule has 6 heteroatoms. The maximum Gasteiger partial charge on any atom is 0.240 e. The second-order valence-electron chi connectivity index (χ2n) is 4.57. The standard InChI is InChI=1S/C13H16ClF3N2/c14-13-9(2-1-3-10(13)15)11(8-12(16)17)19-6-4-18-5-7-19/h1-3,11-12,18H,4-8H2/t11-/m0/s1. The van der Waals surface area contributed by atoms with E-state index in [0.29, 0.717) is 18.7 Å². The lowest BCUT2D eigenvalue weighted by Gasteiger charge is -2.35. The number of nitrogens with zero attached hydrogens (tertiary/aromatic N) is 1. The third-order valence-corrected chi connectivity index (χ3v) is 3.73. The van der Waals surface area contributed by atoms with Gasteiger partial charge in [0.1, 0.15) is 5.82 Å². The molecule has 0 aromatic heterocycles. The first kappa shape index (κ1) is 14.6. The van der Waals surface area contributed by atoms with Crippen molar-refractivity contribution in [3.63, 3.8) is 0 Å². The summed E-state index contributed by atoms with van der Waals surface area (Å²) >= 11 is 5.93. The van der Waals surface area contributed by atoms with E-state index in [9.17, 15) is 13.2 Å². The van der Waals surface area contributed by atoms with Crippen LogP contribution in [0.2, 0.25) is 5.02 Å². The van der Waals surface area contributed by atoms with Gasteiger partial charge in [0.15, 0.2) is 0 Å². The fraction of sp³-hybridized carbons (Fsp3) is 0.538. The van der Waals surface area contributed by atoms with Gasteiger partial charge in [-0.1, -0.05) is 23.7 Å². The van der Waals surface area contributed by atoms with Crippen molar-refractivity contribution in [1.29, 1.82) is 0 Å². The Labute approximate surface area is 115 Å². The minimum absolute atomic E-state index is 0.0494. The highest BCUT2D eigenvalue weighted by atomic mass is 35.5. The molecule has 1 aliphatic heterocycles. The normalized spacial score (nSPS) is 18.8. The Bertz CT molecular complexity index is 422. The summed E-state index contributed by atoms with van der Waals surface area (Å²) in [6.07, 6.45) is -2.78. The molecule has 0 amide bonds. The van der Waals surface area contributed by atoms with Crippen LogP contribution in [-0.4, -0.2) is 37.5 Å². The summed E-state index contributed by atoms with van der Waals surface area (Å²) in [4.78, 5) is 1.93. The van der Waals surface area contributed by atoms with Gasteiger partial charge in [-0.05, 0) is 11.6 Å². The zero-order valence-electron chi connectivity index (χ0n) is 10.4. The summed E-state index contributed by atoms with van der Waals surface area (Å²) in [6.45, 7) is 2.80. The lowest BCUT2D eigenvalue weighted by molar-refractivity contribution is 0.0738. The number of piperazine rings is 1. The molecule has 1 heterocycles. The molecule has 1 saturated heterocycles. The fourth-order valence-corrected chi connectivity index (χ4v) is 2.67. The van der Waals surface area contributed by atoms with Crippen molar-refractivity contribution in [3.8, 4) is 0 Å². The highest BCUT2D eigenvalue weighted by Crippen LogP contribution is 2.33. The molecule has 1 aromatic rings. The molecule has 0 aliphatic carbocycles. The molecular formula is C13H16ClF3N2. The Morgan fingerprint density at radius 3 is 2.58 bits per heavy atom. The first-order valence-electron chi connectivity index (χ1n) is 6.26. The van der Waals surface area contributed by atoms with E-state index >= 15 is 0 Å². The van der Waals surface area contributed by atoms with Crippen LogP contribution < -0.4 is 5.32 Å². The predicted octanol–water partition coefficient (Wildman–Crippen LogP) is 3.08. The third kappa shape index (κ3) is 3.61. The monoisotopic (exact) mass is 292 g/mol. The van der Waals surface area contributed by atoms with E-state index < -0.39 is 18.3 Å². The topological polar surface area (TPSA) is 15.3 Å². The molecule has 1 N–H and O–H groups in total. The molecule has 0 spiro atoms. The molecule has 0 radical (unpaired) electrons. The minimum Gasteiger partial charge on any atom is -0.314 e. The van der Waals surface area contributed by atoms with Gasteiger partial charge in [-0.2, -0.15) is 0 Å². The lowest BCUT2D eigenvalue weighted by atomic mass is 10.0. The number of nitrogens with one attached hydrogen (secondary N) is 1. The van der Waals surface area contributed by atoms with Gasteiger partial charge in [0.25, 0.3) is 0 Å². The van der Waals surface area contributed by atoms with E-state index in [2.05, 4.69) is 5.32 Å². The van der Waals surface area contributed by atoms with Gasteiger partial charge >= 0.3 is 0 Å². The van der Waals surface area contributed by atoms with Crippen LogP contribution in [0, 0.1) is 5.82 Å². The van der Waals surface area contributed by atoms with Crippen molar-refractivity contribution in [3.05, 3.63) is 34.6 Å². The number of halogens is 4. The number of benzene rings is 1. The van der Waals surface area contributed by atoms with Crippen LogP contribution in [0.25, 0.3) is 0 Å². The predicted molar refractivity (Wildman–Crippen MR) is 69.2 cm³/mol. The summed E-state index contributed by atoms with van der Waals surface area (Å²) in [5.74, 6) is -0.562. The Kier molecular flexibility index (Phi) is 5.07. The Hall–Kier alpha value is -0.780. The highest BCUT2D eigenvalue weighted by Gasteiger charge is 2.27. The zero-order chi connectivity index (χ0) is 13.8. The summed E-state index contributed by atoms with van der Waals surface area (Å²) in [7, 11) is 0. The number of hydrogen-bond acceptors (Lipinski definition) is 2. The molecule has 0 unspecified atom stereocenters. The maximum absolute atomic E-state index is 13.5. The molecule has 0 saturated carbocycles. The maximum atomic E-state index is 13.5. The van der Waals surface area contributed by atoms with Crippen molar-refractivity contribution in [2.24, 2.45) is 0 Å². The molecule has 106 valence electrons. The van der Waals surface area contributed by atoms with Gasteiger partial charge in [-0.25, -0.2) is 13.2 Å². The fourth-order valence-electron chi connectivity index (χ4n) is 2.41. The smallest absolute Gasteiger partial charge is 0.240 e. The van der Waals surface area contributed by atoms with Gasteiger partial charge in [0.05, 0.1) is 5.02 Å². The SMILES string of the molecule is Fc1cccc([C@H](CC(F)F)N2CCNCC2)c1Cl. The van der Waals surface area contributed by atoms with E-state index in [0.717, 1.165) is 13.1 Å². The average molecular weight is 293 g/mol. The summed E-state index contributed by atoms with van der Waals surface area (Å²) < 4.78 is 39.1. The second kappa shape index (κ2) is 6.59. The van der Waals surface area contributed by atoms with Crippen LogP contribution in [0.1, 0.15) is 18.0 Å². The highest BCUT2D eigenvalue weighted by molar-refractivity contribution is 6.31. The van der Waals surface area contributed by atoms with E-state index in [4.69, 9.17) is 11.6 Å². The van der Waals surface area contributed by atoms with Crippen LogP contribution in [0.15, 0.2) is 18.2 Å². The number of rotatable bonds is 4. The summed E-state index contributed by atoms with van der Waals surface area (Å²) in [5, 5.41) is 3.11. The summed E-state index contributed by atoms with van der Waals surface area (Å²) in [5.41, 5.74) is 0.448. The molecular weight excluding hydrogens is 277 g/mol. The minimum atomic E-state index is -2.45. The van der Waals surface area contributed by atoms with Crippen LogP contribution in [0.3, 0.4) is 0 Å². The zero-order valence-corrected chi connectivity index (χ0v) is 11.1. The van der Waals surface area contributed by atoms with Gasteiger partial charge in [-0.3, -0.25) is 4.90 Å². The van der Waals surface area contributed by atoms with Crippen molar-refractivity contribution >= 4 is 11.6 Å². The van der Waals surface area contributed by atoms with Crippen molar-refractivity contribution in [2.45, 2.75) is 18.9 Å². The molecule has 2 rings (SSSR count). The van der Waals surface area contributed by atoms with Crippen molar-refractivity contribution < 1.29 is 13.2 Å². The summed E-state index contributed by atoms with van der Waals surface area (Å²) in [6, 6.07) is 3.84. The third-order valence-electron chi connectivity index (χ3n) is 3.33. The average Bonchev–Trinajstić information content (AvgIpc) is 2.40. The van der Waals surface area contributed by atoms with Gasteiger partial charge < -0.3 is 5.32 Å². The van der Waals surface area contributed by atoms with Gasteiger partial charge in [0, 0.05) is 38.6 Å². The molecule has 19 heavy (non-hydrogen) atoms. The van der Waals surface area contributed by atoms with E-state index in [1.807, 2.05) is 4.90 Å². The first-order valence-corrected chi connectivity index (χ1v) is 6.64. The van der Waals surface area contributed by atoms with Crippen molar-refractivity contribution in [2.75, 3.05) is 26.2 Å². The van der Waals surface area contributed by atoms with Crippen LogP contribution in [0.4, 0.5) is 13.2 Å². The largest absolute Gasteiger partial charge is 0.314 e. The van der Waals surface area contributed by atoms with Gasteiger partial charge in [-0.15, -0.1) is 0 Å². The van der Waals surface area contributed by atoms with E-state index in [1.165, 1.54) is 12.1 Å². The number of alkyl halides is 2. The van der Waals surface area contributed by atoms with Gasteiger partial charge in [0.2, 0.25) is 6.43 Å². The Morgan fingerprint density at radius 2 is 1.95 bits per heavy atom. The first-order chi connectivity index (χ1) is 9.09. The van der Waals surface area contributed by atoms with Crippen LogP contribution in [-0.2, 0) is 0 Å².